The van der Waals surface area contributed by atoms with Crippen molar-refractivity contribution in [3.63, 3.8) is 0 Å². The summed E-state index contributed by atoms with van der Waals surface area (Å²) in [6.45, 7) is 4.21. The molecule has 1 aromatic heterocycles. The highest BCUT2D eigenvalue weighted by Gasteiger charge is 2.14. The van der Waals surface area contributed by atoms with Crippen molar-refractivity contribution in [3.05, 3.63) is 65.5 Å². The number of ketones is 1. The number of halogens is 1. The average molecular weight is 356 g/mol. The first-order chi connectivity index (χ1) is 12.0. The van der Waals surface area contributed by atoms with Crippen molar-refractivity contribution >= 4 is 17.5 Å². The van der Waals surface area contributed by atoms with Crippen LogP contribution in [0, 0.1) is 5.82 Å². The first kappa shape index (κ1) is 17.4. The minimum atomic E-state index is -0.427. The molecule has 0 N–H and O–H groups in total. The molecule has 0 amide bonds. The van der Waals surface area contributed by atoms with Gasteiger partial charge in [0.2, 0.25) is 0 Å². The predicted octanol–water partition coefficient (Wildman–Crippen LogP) is 4.97. The number of rotatable bonds is 6. The lowest BCUT2D eigenvalue weighted by atomic mass is 10.0. The summed E-state index contributed by atoms with van der Waals surface area (Å²) >= 11 is 1.14. The first-order valence-electron chi connectivity index (χ1n) is 7.89. The van der Waals surface area contributed by atoms with E-state index in [1.54, 1.807) is 18.2 Å². The molecule has 6 heteroatoms. The van der Waals surface area contributed by atoms with Gasteiger partial charge in [-0.05, 0) is 23.6 Å². The van der Waals surface area contributed by atoms with Gasteiger partial charge in [0, 0.05) is 5.56 Å². The smallest absolute Gasteiger partial charge is 0.277 e. The first-order valence-corrected chi connectivity index (χ1v) is 8.87. The summed E-state index contributed by atoms with van der Waals surface area (Å²) in [5.41, 5.74) is 2.08. The van der Waals surface area contributed by atoms with E-state index in [0.29, 0.717) is 11.5 Å². The highest BCUT2D eigenvalue weighted by Crippen LogP contribution is 2.25. The van der Waals surface area contributed by atoms with Gasteiger partial charge < -0.3 is 4.42 Å². The second-order valence-corrected chi connectivity index (χ2v) is 6.77. The molecule has 0 spiro atoms. The molecule has 3 aromatic rings. The van der Waals surface area contributed by atoms with E-state index in [0.717, 1.165) is 11.8 Å². The van der Waals surface area contributed by atoms with Crippen LogP contribution in [0.4, 0.5) is 4.39 Å². The molecule has 0 aliphatic rings. The number of benzene rings is 2. The van der Waals surface area contributed by atoms with E-state index in [1.807, 2.05) is 24.3 Å². The van der Waals surface area contributed by atoms with E-state index < -0.39 is 5.82 Å². The maximum atomic E-state index is 13.7. The SMILES string of the molecule is CC(C)c1ccc(C(=O)CSc2nnc(-c3ccccc3F)o2)cc1. The molecule has 0 bridgehead atoms. The predicted molar refractivity (Wildman–Crippen MR) is 95.3 cm³/mol. The molecule has 0 radical (unpaired) electrons. The highest BCUT2D eigenvalue weighted by atomic mass is 32.2. The standard InChI is InChI=1S/C19H17FN2O2S/c1-12(2)13-7-9-14(10-8-13)17(23)11-25-19-22-21-18(24-19)15-5-3-4-6-16(15)20/h3-10,12H,11H2,1-2H3. The Labute approximate surface area is 149 Å². The molecule has 0 atom stereocenters. The van der Waals surface area contributed by atoms with E-state index in [4.69, 9.17) is 4.42 Å². The zero-order valence-corrected chi connectivity index (χ0v) is 14.7. The van der Waals surface area contributed by atoms with Crippen molar-refractivity contribution < 1.29 is 13.6 Å². The number of hydrogen-bond donors (Lipinski definition) is 0. The third-order valence-electron chi connectivity index (χ3n) is 3.74. The Balaban J connectivity index is 1.64. The lowest BCUT2D eigenvalue weighted by Crippen LogP contribution is -2.02. The number of carbonyl (C=O) groups excluding carboxylic acids is 1. The zero-order valence-electron chi connectivity index (χ0n) is 13.9. The number of aromatic nitrogens is 2. The number of carbonyl (C=O) groups is 1. The van der Waals surface area contributed by atoms with Crippen LogP contribution in [0.3, 0.4) is 0 Å². The second kappa shape index (κ2) is 7.61. The van der Waals surface area contributed by atoms with Crippen LogP contribution >= 0.6 is 11.8 Å². The topological polar surface area (TPSA) is 56.0 Å². The van der Waals surface area contributed by atoms with Crippen LogP contribution in [0.5, 0.6) is 0 Å². The lowest BCUT2D eigenvalue weighted by molar-refractivity contribution is 0.102. The van der Waals surface area contributed by atoms with Crippen LogP contribution < -0.4 is 0 Å². The molecular formula is C19H17FN2O2S. The molecule has 0 saturated heterocycles. The average Bonchev–Trinajstić information content (AvgIpc) is 3.09. The molecule has 2 aromatic carbocycles. The highest BCUT2D eigenvalue weighted by molar-refractivity contribution is 7.99. The van der Waals surface area contributed by atoms with Gasteiger partial charge in [0.15, 0.2) is 5.78 Å². The molecule has 25 heavy (non-hydrogen) atoms. The van der Waals surface area contributed by atoms with E-state index in [2.05, 4.69) is 24.0 Å². The van der Waals surface area contributed by atoms with Crippen LogP contribution in [0.25, 0.3) is 11.5 Å². The van der Waals surface area contributed by atoms with Crippen molar-refractivity contribution in [2.45, 2.75) is 25.0 Å². The van der Waals surface area contributed by atoms with Gasteiger partial charge in [-0.15, -0.1) is 10.2 Å². The molecule has 0 fully saturated rings. The third kappa shape index (κ3) is 4.14. The molecule has 3 rings (SSSR count). The summed E-state index contributed by atoms with van der Waals surface area (Å²) in [6.07, 6.45) is 0. The Morgan fingerprint density at radius 3 is 2.52 bits per heavy atom. The second-order valence-electron chi connectivity index (χ2n) is 5.84. The Hall–Kier alpha value is -2.47. The van der Waals surface area contributed by atoms with E-state index in [-0.39, 0.29) is 28.2 Å². The fourth-order valence-electron chi connectivity index (χ4n) is 2.28. The van der Waals surface area contributed by atoms with Crippen LogP contribution in [-0.4, -0.2) is 21.7 Å². The quantitative estimate of drug-likeness (QED) is 0.461. The Morgan fingerprint density at radius 2 is 1.84 bits per heavy atom. The van der Waals surface area contributed by atoms with E-state index >= 15 is 0 Å². The maximum Gasteiger partial charge on any atom is 0.277 e. The van der Waals surface area contributed by atoms with Gasteiger partial charge in [0.25, 0.3) is 11.1 Å². The van der Waals surface area contributed by atoms with Gasteiger partial charge in [-0.1, -0.05) is 62.0 Å². The van der Waals surface area contributed by atoms with Gasteiger partial charge in [0.1, 0.15) is 5.82 Å². The third-order valence-corrected chi connectivity index (χ3v) is 4.56. The van der Waals surface area contributed by atoms with Crippen LogP contribution in [0.1, 0.15) is 35.7 Å². The van der Waals surface area contributed by atoms with Crippen molar-refractivity contribution in [3.8, 4) is 11.5 Å². The van der Waals surface area contributed by atoms with Gasteiger partial charge in [-0.2, -0.15) is 0 Å². The molecule has 0 aliphatic carbocycles. The molecule has 0 unspecified atom stereocenters. The largest absolute Gasteiger partial charge is 0.411 e. The zero-order chi connectivity index (χ0) is 17.8. The monoisotopic (exact) mass is 356 g/mol. The van der Waals surface area contributed by atoms with E-state index in [9.17, 15) is 9.18 Å². The van der Waals surface area contributed by atoms with Gasteiger partial charge in [-0.25, -0.2) is 4.39 Å². The number of Topliss-reactive ketones (excluding diaryl/α,β-unsaturated/α-hetero) is 1. The molecular weight excluding hydrogens is 339 g/mol. The van der Waals surface area contributed by atoms with E-state index in [1.165, 1.54) is 11.6 Å². The van der Waals surface area contributed by atoms with Crippen molar-refractivity contribution in [1.82, 2.24) is 10.2 Å². The molecule has 0 aliphatic heterocycles. The lowest BCUT2D eigenvalue weighted by Gasteiger charge is -2.05. The van der Waals surface area contributed by atoms with Gasteiger partial charge in [0.05, 0.1) is 11.3 Å². The number of nitrogens with zero attached hydrogens (tertiary/aromatic N) is 2. The number of hydrogen-bond acceptors (Lipinski definition) is 5. The Kier molecular flexibility index (Phi) is 5.28. The fourth-order valence-corrected chi connectivity index (χ4v) is 2.93. The summed E-state index contributed by atoms with van der Waals surface area (Å²) in [7, 11) is 0. The molecule has 4 nitrogen and oxygen atoms in total. The molecule has 128 valence electrons. The van der Waals surface area contributed by atoms with Gasteiger partial charge >= 0.3 is 0 Å². The normalized spacial score (nSPS) is 11.0. The van der Waals surface area contributed by atoms with Crippen molar-refractivity contribution in [2.75, 3.05) is 5.75 Å². The minimum absolute atomic E-state index is 0.0223. The summed E-state index contributed by atoms with van der Waals surface area (Å²) in [6, 6.07) is 13.8. The van der Waals surface area contributed by atoms with Crippen molar-refractivity contribution in [2.24, 2.45) is 0 Å². The maximum absolute atomic E-state index is 13.7. The molecule has 0 saturated carbocycles. The fraction of sp³-hybridized carbons (Fsp3) is 0.211. The summed E-state index contributed by atoms with van der Waals surface area (Å²) in [4.78, 5) is 12.3. The molecule has 1 heterocycles. The minimum Gasteiger partial charge on any atom is -0.411 e. The number of thioether (sulfide) groups is 1. The summed E-state index contributed by atoms with van der Waals surface area (Å²) in [5.74, 6) is 0.262. The van der Waals surface area contributed by atoms with Crippen LogP contribution in [0.15, 0.2) is 58.2 Å². The Morgan fingerprint density at radius 1 is 1.12 bits per heavy atom. The summed E-state index contributed by atoms with van der Waals surface area (Å²) in [5, 5.41) is 7.95. The van der Waals surface area contributed by atoms with Gasteiger partial charge in [-0.3, -0.25) is 4.79 Å². The Bertz CT molecular complexity index is 875. The van der Waals surface area contributed by atoms with Crippen LogP contribution in [-0.2, 0) is 0 Å². The van der Waals surface area contributed by atoms with Crippen LogP contribution in [0.2, 0.25) is 0 Å². The summed E-state index contributed by atoms with van der Waals surface area (Å²) < 4.78 is 19.2. The van der Waals surface area contributed by atoms with Crippen molar-refractivity contribution in [1.29, 1.82) is 0 Å².